The Labute approximate surface area is 84.5 Å². The van der Waals surface area contributed by atoms with Crippen molar-refractivity contribution in [3.63, 3.8) is 0 Å². The van der Waals surface area contributed by atoms with Crippen LogP contribution in [0, 0.1) is 13.8 Å². The topological polar surface area (TPSA) is 76.7 Å². The smallest absolute Gasteiger partial charge is 0.202 e. The molecule has 74 valence electrons. The fourth-order valence-electron chi connectivity index (χ4n) is 0.938. The van der Waals surface area contributed by atoms with Crippen molar-refractivity contribution in [2.45, 2.75) is 20.4 Å². The van der Waals surface area contributed by atoms with Crippen LogP contribution in [0.4, 0.5) is 5.13 Å². The quantitative estimate of drug-likeness (QED) is 0.820. The van der Waals surface area contributed by atoms with Crippen molar-refractivity contribution >= 4 is 16.7 Å². The molecule has 0 radical (unpaired) electrons. The summed E-state index contributed by atoms with van der Waals surface area (Å²) >= 11 is 1.33. The molecular formula is C7H9N5OS. The van der Waals surface area contributed by atoms with E-state index in [-0.39, 0.29) is 0 Å². The Bertz CT molecular complexity index is 423. The number of nitrogens with one attached hydrogen (secondary N) is 1. The largest absolute Gasteiger partial charge is 0.354 e. The highest BCUT2D eigenvalue weighted by atomic mass is 32.1. The summed E-state index contributed by atoms with van der Waals surface area (Å²) < 4.78 is 8.61. The van der Waals surface area contributed by atoms with Gasteiger partial charge in [-0.3, -0.25) is 0 Å². The molecule has 0 aliphatic carbocycles. The van der Waals surface area contributed by atoms with E-state index in [0.29, 0.717) is 6.54 Å². The number of nitrogens with zero attached hydrogens (tertiary/aromatic N) is 4. The minimum absolute atomic E-state index is 0.559. The number of anilines is 1. The summed E-state index contributed by atoms with van der Waals surface area (Å²) in [5.41, 5.74) is 1.58. The lowest BCUT2D eigenvalue weighted by Crippen LogP contribution is -2.00. The Hall–Kier alpha value is -1.50. The van der Waals surface area contributed by atoms with Gasteiger partial charge in [0.2, 0.25) is 5.13 Å². The first-order chi connectivity index (χ1) is 6.75. The molecule has 14 heavy (non-hydrogen) atoms. The van der Waals surface area contributed by atoms with Gasteiger partial charge >= 0.3 is 0 Å². The molecule has 2 heterocycles. The van der Waals surface area contributed by atoms with E-state index in [2.05, 4.69) is 29.6 Å². The van der Waals surface area contributed by atoms with E-state index in [1.807, 2.05) is 13.8 Å². The summed E-state index contributed by atoms with van der Waals surface area (Å²) in [6.07, 6.45) is 0. The van der Waals surface area contributed by atoms with E-state index >= 15 is 0 Å². The Morgan fingerprint density at radius 3 is 2.79 bits per heavy atom. The highest BCUT2D eigenvalue weighted by molar-refractivity contribution is 7.09. The second kappa shape index (κ2) is 3.70. The van der Waals surface area contributed by atoms with Crippen LogP contribution in [-0.2, 0) is 6.54 Å². The van der Waals surface area contributed by atoms with Gasteiger partial charge in [-0.05, 0) is 13.8 Å². The van der Waals surface area contributed by atoms with Crippen LogP contribution in [0.15, 0.2) is 4.63 Å². The first-order valence-corrected chi connectivity index (χ1v) is 4.85. The van der Waals surface area contributed by atoms with E-state index in [9.17, 15) is 0 Å². The van der Waals surface area contributed by atoms with Gasteiger partial charge in [-0.15, -0.1) is 0 Å². The summed E-state index contributed by atoms with van der Waals surface area (Å²) in [7, 11) is 0. The van der Waals surface area contributed by atoms with Gasteiger partial charge < -0.3 is 5.32 Å². The average Bonchev–Trinajstić information content (AvgIpc) is 2.72. The molecule has 0 amide bonds. The second-order valence-electron chi connectivity index (χ2n) is 2.80. The van der Waals surface area contributed by atoms with Crippen LogP contribution in [0.25, 0.3) is 0 Å². The molecule has 6 nitrogen and oxygen atoms in total. The molecule has 7 heteroatoms. The highest BCUT2D eigenvalue weighted by Gasteiger charge is 2.05. The van der Waals surface area contributed by atoms with Gasteiger partial charge in [0.05, 0.1) is 6.54 Å². The Balaban J connectivity index is 1.98. The molecule has 0 atom stereocenters. The van der Waals surface area contributed by atoms with Crippen molar-refractivity contribution in [1.82, 2.24) is 19.7 Å². The molecule has 0 aliphatic heterocycles. The monoisotopic (exact) mass is 211 g/mol. The number of hydrogen-bond donors (Lipinski definition) is 1. The third-order valence-electron chi connectivity index (χ3n) is 1.68. The third kappa shape index (κ3) is 1.87. The van der Waals surface area contributed by atoms with Crippen LogP contribution >= 0.6 is 11.5 Å². The van der Waals surface area contributed by atoms with E-state index in [4.69, 9.17) is 0 Å². The Kier molecular flexibility index (Phi) is 2.40. The van der Waals surface area contributed by atoms with Crippen molar-refractivity contribution in [3.05, 3.63) is 17.2 Å². The van der Waals surface area contributed by atoms with Gasteiger partial charge in [0.15, 0.2) is 0 Å². The van der Waals surface area contributed by atoms with E-state index in [1.165, 1.54) is 11.5 Å². The Morgan fingerprint density at radius 2 is 2.21 bits per heavy atom. The molecule has 2 aromatic rings. The minimum Gasteiger partial charge on any atom is -0.354 e. The predicted molar refractivity (Wildman–Crippen MR) is 51.0 cm³/mol. The standard InChI is InChI=1S/C7H9N5OS/c1-4-6(11-13-10-4)3-8-7-9-5(2)12-14-7/h3H2,1-2H3,(H,8,9,12). The van der Waals surface area contributed by atoms with E-state index in [0.717, 1.165) is 22.3 Å². The fourth-order valence-corrected chi connectivity index (χ4v) is 1.51. The van der Waals surface area contributed by atoms with Crippen LogP contribution < -0.4 is 5.32 Å². The number of rotatable bonds is 3. The predicted octanol–water partition coefficient (Wildman–Crippen LogP) is 1.15. The lowest BCUT2D eigenvalue weighted by atomic mass is 10.3. The van der Waals surface area contributed by atoms with Crippen LogP contribution in [0.3, 0.4) is 0 Å². The molecule has 0 spiro atoms. The summed E-state index contributed by atoms with van der Waals surface area (Å²) in [6.45, 7) is 4.26. The van der Waals surface area contributed by atoms with Crippen molar-refractivity contribution in [2.75, 3.05) is 5.32 Å². The van der Waals surface area contributed by atoms with Gasteiger partial charge in [-0.2, -0.15) is 4.37 Å². The second-order valence-corrected chi connectivity index (χ2v) is 3.55. The fraction of sp³-hybridized carbons (Fsp3) is 0.429. The molecular weight excluding hydrogens is 202 g/mol. The van der Waals surface area contributed by atoms with Crippen molar-refractivity contribution in [2.24, 2.45) is 0 Å². The normalized spacial score (nSPS) is 10.4. The van der Waals surface area contributed by atoms with Crippen LogP contribution in [-0.4, -0.2) is 19.7 Å². The van der Waals surface area contributed by atoms with Gasteiger partial charge in [-0.25, -0.2) is 9.61 Å². The molecule has 1 N–H and O–H groups in total. The number of aryl methyl sites for hydroxylation is 2. The average molecular weight is 211 g/mol. The number of hydrogen-bond acceptors (Lipinski definition) is 7. The maximum atomic E-state index is 4.57. The first kappa shape index (κ1) is 9.07. The zero-order chi connectivity index (χ0) is 9.97. The molecule has 2 rings (SSSR count). The molecule has 0 saturated heterocycles. The highest BCUT2D eigenvalue weighted by Crippen LogP contribution is 2.11. The summed E-state index contributed by atoms with van der Waals surface area (Å²) in [5, 5.41) is 11.3. The minimum atomic E-state index is 0.559. The Morgan fingerprint density at radius 1 is 1.36 bits per heavy atom. The molecule has 0 saturated carbocycles. The first-order valence-electron chi connectivity index (χ1n) is 4.08. The van der Waals surface area contributed by atoms with Gasteiger partial charge in [0, 0.05) is 11.5 Å². The molecule has 0 bridgehead atoms. The molecule has 0 aliphatic rings. The van der Waals surface area contributed by atoms with Crippen LogP contribution in [0.5, 0.6) is 0 Å². The van der Waals surface area contributed by atoms with Gasteiger partial charge in [0.1, 0.15) is 17.2 Å². The van der Waals surface area contributed by atoms with E-state index in [1.54, 1.807) is 0 Å². The SMILES string of the molecule is Cc1nsc(NCc2nonc2C)n1. The molecule has 2 aromatic heterocycles. The van der Waals surface area contributed by atoms with Gasteiger partial charge in [0.25, 0.3) is 0 Å². The van der Waals surface area contributed by atoms with Crippen LogP contribution in [0.1, 0.15) is 17.2 Å². The van der Waals surface area contributed by atoms with Gasteiger partial charge in [-0.1, -0.05) is 10.3 Å². The zero-order valence-corrected chi connectivity index (χ0v) is 8.63. The van der Waals surface area contributed by atoms with E-state index < -0.39 is 0 Å². The van der Waals surface area contributed by atoms with Crippen molar-refractivity contribution in [1.29, 1.82) is 0 Å². The maximum Gasteiger partial charge on any atom is 0.202 e. The zero-order valence-electron chi connectivity index (χ0n) is 7.81. The lowest BCUT2D eigenvalue weighted by Gasteiger charge is -1.96. The summed E-state index contributed by atoms with van der Waals surface area (Å²) in [4.78, 5) is 4.16. The number of aromatic nitrogens is 4. The molecule has 0 fully saturated rings. The molecule has 0 aromatic carbocycles. The van der Waals surface area contributed by atoms with Crippen LogP contribution in [0.2, 0.25) is 0 Å². The van der Waals surface area contributed by atoms with Crippen molar-refractivity contribution < 1.29 is 4.63 Å². The maximum absolute atomic E-state index is 4.57. The third-order valence-corrected chi connectivity index (χ3v) is 2.45. The summed E-state index contributed by atoms with van der Waals surface area (Å²) in [5.74, 6) is 0.771. The summed E-state index contributed by atoms with van der Waals surface area (Å²) in [6, 6.07) is 0. The molecule has 0 unspecified atom stereocenters. The lowest BCUT2D eigenvalue weighted by molar-refractivity contribution is 0.301. The van der Waals surface area contributed by atoms with Crippen molar-refractivity contribution in [3.8, 4) is 0 Å².